The third-order valence-corrected chi connectivity index (χ3v) is 10.3. The van der Waals surface area contributed by atoms with E-state index in [1.54, 1.807) is 60.9 Å². The van der Waals surface area contributed by atoms with Crippen LogP contribution in [0.4, 0.5) is 0 Å². The minimum absolute atomic E-state index is 0.311. The maximum atomic E-state index is 9.94. The van der Waals surface area contributed by atoms with Gasteiger partial charge in [0.05, 0.1) is 11.0 Å². The number of fused-ring (bicyclic) bond motifs is 9. The van der Waals surface area contributed by atoms with E-state index in [0.29, 0.717) is 33.3 Å². The Bertz CT molecular complexity index is 2780. The van der Waals surface area contributed by atoms with E-state index < -0.39 is 25.2 Å². The van der Waals surface area contributed by atoms with Gasteiger partial charge in [0.15, 0.2) is 25.2 Å². The first kappa shape index (κ1) is 33.9. The second kappa shape index (κ2) is 12.9. The summed E-state index contributed by atoms with van der Waals surface area (Å²) in [4.78, 5) is 9.80. The minimum atomic E-state index is -1.67. The average molecular weight is 717 g/mol. The smallest absolute Gasteiger partial charge is 0.178 e. The molecule has 9 aromatic rings. The lowest BCUT2D eigenvalue weighted by Gasteiger charge is -2.16. The van der Waals surface area contributed by atoms with Crippen molar-refractivity contribution in [2.45, 2.75) is 25.2 Å². The Morgan fingerprint density at radius 3 is 1.02 bits per heavy atom. The number of aromatic nitrogens is 2. The Balaban J connectivity index is 1.18. The number of hydrogen-bond acceptors (Lipinski definition) is 10. The van der Waals surface area contributed by atoms with Gasteiger partial charge in [0.1, 0.15) is 0 Å². The van der Waals surface area contributed by atoms with Gasteiger partial charge in [-0.15, -0.1) is 0 Å². The summed E-state index contributed by atoms with van der Waals surface area (Å²) in [6.07, 6.45) is -3.07. The van der Waals surface area contributed by atoms with E-state index in [0.717, 1.165) is 76.1 Å². The zero-order valence-corrected chi connectivity index (χ0v) is 28.3. The number of hydrogen-bond donors (Lipinski definition) is 8. The Labute approximate surface area is 306 Å². The highest BCUT2D eigenvalue weighted by Crippen LogP contribution is 2.40. The molecule has 7 aromatic carbocycles. The van der Waals surface area contributed by atoms with E-state index in [-0.39, 0.29) is 0 Å². The van der Waals surface area contributed by atoms with E-state index in [9.17, 15) is 40.9 Å². The van der Waals surface area contributed by atoms with Crippen LogP contribution in [0.5, 0.6) is 0 Å². The van der Waals surface area contributed by atoms with Crippen molar-refractivity contribution in [1.29, 1.82) is 0 Å². The summed E-state index contributed by atoms with van der Waals surface area (Å²) in [5.74, 6) is 0. The van der Waals surface area contributed by atoms with Crippen molar-refractivity contribution in [1.82, 2.24) is 9.97 Å². The summed E-state index contributed by atoms with van der Waals surface area (Å²) in [7, 11) is 0. The van der Waals surface area contributed by atoms with Gasteiger partial charge in [0.2, 0.25) is 0 Å². The molecule has 9 rings (SSSR count). The van der Waals surface area contributed by atoms with Crippen LogP contribution in [-0.4, -0.2) is 50.8 Å². The van der Waals surface area contributed by atoms with Gasteiger partial charge in [-0.3, -0.25) is 9.97 Å². The van der Waals surface area contributed by atoms with Crippen LogP contribution in [-0.2, 0) is 0 Å². The molecule has 0 unspecified atom stereocenters. The topological polar surface area (TPSA) is 188 Å². The minimum Gasteiger partial charge on any atom is -0.364 e. The van der Waals surface area contributed by atoms with Crippen LogP contribution in [0.15, 0.2) is 122 Å². The van der Waals surface area contributed by atoms with E-state index in [2.05, 4.69) is 0 Å². The van der Waals surface area contributed by atoms with Crippen LogP contribution in [0.1, 0.15) is 47.4 Å². The summed E-state index contributed by atoms with van der Waals surface area (Å²) in [5, 5.41) is 87.1. The van der Waals surface area contributed by atoms with Crippen LogP contribution in [0.25, 0.3) is 87.1 Å². The second-order valence-corrected chi connectivity index (χ2v) is 13.6. The second-order valence-electron chi connectivity index (χ2n) is 13.6. The Morgan fingerprint density at radius 1 is 0.315 bits per heavy atom. The van der Waals surface area contributed by atoms with Gasteiger partial charge < -0.3 is 40.9 Å². The molecule has 8 N–H and O–H groups in total. The fraction of sp³-hybridized carbons (Fsp3) is 0.0909. The maximum Gasteiger partial charge on any atom is 0.178 e. The summed E-state index contributed by atoms with van der Waals surface area (Å²) in [5.41, 5.74) is 6.09. The van der Waals surface area contributed by atoms with Crippen LogP contribution in [0.2, 0.25) is 0 Å². The molecule has 10 heteroatoms. The highest BCUT2D eigenvalue weighted by molar-refractivity contribution is 6.16. The number of pyridine rings is 2. The van der Waals surface area contributed by atoms with Gasteiger partial charge in [-0.25, -0.2) is 0 Å². The molecule has 0 fully saturated rings. The number of aliphatic hydroxyl groups excluding tert-OH is 4. The molecule has 0 radical (unpaired) electrons. The fourth-order valence-corrected chi connectivity index (χ4v) is 7.58. The Kier molecular flexibility index (Phi) is 8.09. The molecule has 0 bridgehead atoms. The van der Waals surface area contributed by atoms with Gasteiger partial charge in [-0.2, -0.15) is 0 Å². The zero-order chi connectivity index (χ0) is 37.4. The molecular weight excluding hydrogens is 684 g/mol. The molecule has 0 saturated carbocycles. The third kappa shape index (κ3) is 5.62. The van der Waals surface area contributed by atoms with Crippen molar-refractivity contribution in [2.24, 2.45) is 0 Å². The predicted octanol–water partition coefficient (Wildman–Crippen LogP) is 6.66. The lowest BCUT2D eigenvalue weighted by atomic mass is 9.91. The Morgan fingerprint density at radius 2 is 0.648 bits per heavy atom. The van der Waals surface area contributed by atoms with E-state index in [1.807, 2.05) is 60.7 Å². The highest BCUT2D eigenvalue weighted by atomic mass is 16.5. The van der Waals surface area contributed by atoms with E-state index >= 15 is 0 Å². The molecule has 0 amide bonds. The molecule has 0 aliphatic heterocycles. The van der Waals surface area contributed by atoms with Crippen molar-refractivity contribution in [2.75, 3.05) is 0 Å². The molecule has 10 nitrogen and oxygen atoms in total. The summed E-state index contributed by atoms with van der Waals surface area (Å²) < 4.78 is 0. The van der Waals surface area contributed by atoms with Gasteiger partial charge in [-0.05, 0) is 103 Å². The number of benzene rings is 7. The van der Waals surface area contributed by atoms with Gasteiger partial charge in [0, 0.05) is 56.5 Å². The highest BCUT2D eigenvalue weighted by Gasteiger charge is 2.17. The standard InChI is InChI=1S/C44H32N2O8/c47-41(48)25-5-1-21-13-35(31-9-7-27(43(51)52)17-37(31)33(21)15-25)29-11-23-3-4-24-12-30(20-46-40(24)39(23)45-19-29)36-14-22-2-6-26(42(49)50)16-34(22)38-18-28(44(53)54)8-10-32(36)38/h1-20,41-44,47-54H. The molecule has 2 heterocycles. The van der Waals surface area contributed by atoms with Crippen LogP contribution < -0.4 is 0 Å². The molecule has 54 heavy (non-hydrogen) atoms. The number of rotatable bonds is 6. The summed E-state index contributed by atoms with van der Waals surface area (Å²) in [6.45, 7) is 0. The number of aliphatic hydroxyl groups is 8. The first-order chi connectivity index (χ1) is 26.0. The van der Waals surface area contributed by atoms with E-state index in [4.69, 9.17) is 9.97 Å². The van der Waals surface area contributed by atoms with Crippen molar-refractivity contribution in [3.63, 3.8) is 0 Å². The Hall–Kier alpha value is -5.92. The molecule has 0 spiro atoms. The largest absolute Gasteiger partial charge is 0.364 e. The van der Waals surface area contributed by atoms with Crippen LogP contribution in [0.3, 0.4) is 0 Å². The molecular formula is C44H32N2O8. The van der Waals surface area contributed by atoms with Crippen molar-refractivity contribution in [3.8, 4) is 22.3 Å². The predicted molar refractivity (Wildman–Crippen MR) is 207 cm³/mol. The quantitative estimate of drug-likeness (QED) is 0.0683. The van der Waals surface area contributed by atoms with Crippen molar-refractivity contribution in [3.05, 3.63) is 144 Å². The van der Waals surface area contributed by atoms with Gasteiger partial charge in [0.25, 0.3) is 0 Å². The molecule has 0 aliphatic rings. The summed E-state index contributed by atoms with van der Waals surface area (Å²) in [6, 6.07) is 32.8. The third-order valence-electron chi connectivity index (χ3n) is 10.3. The number of nitrogens with zero attached hydrogens (tertiary/aromatic N) is 2. The molecule has 0 atom stereocenters. The van der Waals surface area contributed by atoms with Crippen LogP contribution in [0, 0.1) is 0 Å². The molecule has 0 saturated heterocycles. The van der Waals surface area contributed by atoms with Gasteiger partial charge >= 0.3 is 0 Å². The molecule has 0 aliphatic carbocycles. The average Bonchev–Trinajstić information content (AvgIpc) is 3.18. The lowest BCUT2D eigenvalue weighted by Crippen LogP contribution is -1.97. The van der Waals surface area contributed by atoms with Gasteiger partial charge in [-0.1, -0.05) is 60.7 Å². The summed E-state index contributed by atoms with van der Waals surface area (Å²) >= 11 is 0. The monoisotopic (exact) mass is 716 g/mol. The normalized spacial score (nSPS) is 12.4. The zero-order valence-electron chi connectivity index (χ0n) is 28.3. The van der Waals surface area contributed by atoms with E-state index in [1.165, 1.54) is 0 Å². The molecule has 266 valence electrons. The first-order valence-corrected chi connectivity index (χ1v) is 17.2. The SMILES string of the molecule is OC(O)c1ccc2cc(-c3cnc4c(ccc5cc(-c6cc7ccc(C(O)O)cc7c7cc(C(O)O)ccc67)cnc54)c3)c3ccc(C(O)O)cc3c2c1. The van der Waals surface area contributed by atoms with Crippen LogP contribution >= 0.6 is 0 Å². The lowest BCUT2D eigenvalue weighted by molar-refractivity contribution is -0.0430. The maximum absolute atomic E-state index is 9.94. The first-order valence-electron chi connectivity index (χ1n) is 17.2. The van der Waals surface area contributed by atoms with Crippen molar-refractivity contribution < 1.29 is 40.9 Å². The molecule has 2 aromatic heterocycles. The fourth-order valence-electron chi connectivity index (χ4n) is 7.58. The van der Waals surface area contributed by atoms with Crippen molar-refractivity contribution >= 4 is 64.9 Å².